The van der Waals surface area contributed by atoms with Crippen LogP contribution in [0.5, 0.6) is 5.75 Å². The molecule has 0 fully saturated rings. The van der Waals surface area contributed by atoms with E-state index in [1.165, 1.54) is 0 Å². The van der Waals surface area contributed by atoms with Crippen molar-refractivity contribution in [3.8, 4) is 16.9 Å². The number of nitro groups is 1. The summed E-state index contributed by atoms with van der Waals surface area (Å²) in [6.45, 7) is 3.14. The standard InChI is InChI=1S/C12H10F2N2O4/c1-5-9(6(2)20-15-5)7-4-8(16(17)18)10(13)11(14)12(7)19-3/h4H,1-3H3. The van der Waals surface area contributed by atoms with Crippen LogP contribution in [0.3, 0.4) is 0 Å². The van der Waals surface area contributed by atoms with E-state index in [0.717, 1.165) is 13.2 Å². The summed E-state index contributed by atoms with van der Waals surface area (Å²) >= 11 is 0. The van der Waals surface area contributed by atoms with E-state index in [1.54, 1.807) is 13.8 Å². The van der Waals surface area contributed by atoms with Gasteiger partial charge in [0.25, 0.3) is 0 Å². The highest BCUT2D eigenvalue weighted by atomic mass is 19.2. The molecule has 0 aliphatic heterocycles. The normalized spacial score (nSPS) is 10.7. The number of hydrogen-bond acceptors (Lipinski definition) is 5. The molecular weight excluding hydrogens is 274 g/mol. The first-order valence-corrected chi connectivity index (χ1v) is 5.52. The van der Waals surface area contributed by atoms with Gasteiger partial charge < -0.3 is 9.26 Å². The fourth-order valence-corrected chi connectivity index (χ4v) is 1.98. The highest BCUT2D eigenvalue weighted by Gasteiger charge is 2.29. The molecule has 0 saturated carbocycles. The second kappa shape index (κ2) is 4.87. The minimum atomic E-state index is -1.57. The lowest BCUT2D eigenvalue weighted by atomic mass is 10.0. The third kappa shape index (κ3) is 1.98. The van der Waals surface area contributed by atoms with E-state index in [2.05, 4.69) is 5.16 Å². The summed E-state index contributed by atoms with van der Waals surface area (Å²) in [5, 5.41) is 14.5. The Bertz CT molecular complexity index is 678. The van der Waals surface area contributed by atoms with Gasteiger partial charge in [-0.3, -0.25) is 10.1 Å². The molecule has 0 saturated heterocycles. The Hall–Kier alpha value is -2.51. The molecule has 0 bridgehead atoms. The summed E-state index contributed by atoms with van der Waals surface area (Å²) in [7, 11) is 1.14. The van der Waals surface area contributed by atoms with Gasteiger partial charge in [-0.2, -0.15) is 8.78 Å². The minimum Gasteiger partial charge on any atom is -0.493 e. The highest BCUT2D eigenvalue weighted by Crippen LogP contribution is 2.40. The van der Waals surface area contributed by atoms with Gasteiger partial charge in [-0.1, -0.05) is 5.16 Å². The number of benzene rings is 1. The molecule has 0 aliphatic rings. The zero-order chi connectivity index (χ0) is 15.0. The lowest BCUT2D eigenvalue weighted by Crippen LogP contribution is -2.01. The Kier molecular flexibility index (Phi) is 3.39. The van der Waals surface area contributed by atoms with Crippen molar-refractivity contribution >= 4 is 5.69 Å². The lowest BCUT2D eigenvalue weighted by molar-refractivity contribution is -0.387. The first-order valence-electron chi connectivity index (χ1n) is 5.52. The van der Waals surface area contributed by atoms with E-state index in [1.807, 2.05) is 0 Å². The Labute approximate surface area is 112 Å². The van der Waals surface area contributed by atoms with E-state index in [4.69, 9.17) is 9.26 Å². The summed E-state index contributed by atoms with van der Waals surface area (Å²) in [5.74, 6) is -3.09. The zero-order valence-electron chi connectivity index (χ0n) is 10.9. The van der Waals surface area contributed by atoms with Crippen molar-refractivity contribution in [3.63, 3.8) is 0 Å². The topological polar surface area (TPSA) is 78.4 Å². The summed E-state index contributed by atoms with van der Waals surface area (Å²) in [5.41, 5.74) is -0.224. The molecule has 0 spiro atoms. The van der Waals surface area contributed by atoms with Crippen molar-refractivity contribution in [1.82, 2.24) is 5.16 Å². The fourth-order valence-electron chi connectivity index (χ4n) is 1.98. The van der Waals surface area contributed by atoms with Gasteiger partial charge in [-0.15, -0.1) is 0 Å². The maximum absolute atomic E-state index is 13.9. The van der Waals surface area contributed by atoms with Crippen molar-refractivity contribution in [1.29, 1.82) is 0 Å². The molecule has 2 aromatic rings. The van der Waals surface area contributed by atoms with Gasteiger partial charge in [0, 0.05) is 11.6 Å². The van der Waals surface area contributed by atoms with Crippen LogP contribution in [0.2, 0.25) is 0 Å². The predicted octanol–water partition coefficient (Wildman–Crippen LogP) is 3.15. The number of ether oxygens (including phenoxy) is 1. The molecule has 20 heavy (non-hydrogen) atoms. The van der Waals surface area contributed by atoms with Crippen molar-refractivity contribution < 1.29 is 23.0 Å². The van der Waals surface area contributed by atoms with E-state index in [-0.39, 0.29) is 5.56 Å². The number of aryl methyl sites for hydroxylation is 2. The van der Waals surface area contributed by atoms with E-state index in [9.17, 15) is 18.9 Å². The Balaban J connectivity index is 2.85. The number of methoxy groups -OCH3 is 1. The predicted molar refractivity (Wildman–Crippen MR) is 64.5 cm³/mol. The smallest absolute Gasteiger partial charge is 0.308 e. The molecular formula is C12H10F2N2O4. The average Bonchev–Trinajstić information content (AvgIpc) is 2.72. The number of rotatable bonds is 3. The van der Waals surface area contributed by atoms with E-state index >= 15 is 0 Å². The second-order valence-electron chi connectivity index (χ2n) is 4.06. The van der Waals surface area contributed by atoms with Gasteiger partial charge in [-0.05, 0) is 13.8 Å². The van der Waals surface area contributed by atoms with Crippen LogP contribution >= 0.6 is 0 Å². The molecule has 0 amide bonds. The molecule has 6 nitrogen and oxygen atoms in total. The minimum absolute atomic E-state index is 0.0225. The van der Waals surface area contributed by atoms with Crippen LogP contribution in [0, 0.1) is 35.6 Å². The lowest BCUT2D eigenvalue weighted by Gasteiger charge is -2.10. The Morgan fingerprint density at radius 3 is 2.45 bits per heavy atom. The number of nitro benzene ring substituents is 1. The van der Waals surface area contributed by atoms with Crippen molar-refractivity contribution in [3.05, 3.63) is 39.3 Å². The fraction of sp³-hybridized carbons (Fsp3) is 0.250. The molecule has 2 rings (SSSR count). The van der Waals surface area contributed by atoms with Crippen LogP contribution in [-0.2, 0) is 0 Å². The summed E-state index contributed by atoms with van der Waals surface area (Å²) in [6.07, 6.45) is 0. The molecule has 0 aliphatic carbocycles. The molecule has 0 atom stereocenters. The van der Waals surface area contributed by atoms with Crippen molar-refractivity contribution in [2.45, 2.75) is 13.8 Å². The molecule has 106 valence electrons. The van der Waals surface area contributed by atoms with Gasteiger partial charge in [0.05, 0.1) is 23.3 Å². The third-order valence-corrected chi connectivity index (χ3v) is 2.85. The summed E-state index contributed by atoms with van der Waals surface area (Å²) in [4.78, 5) is 9.78. The van der Waals surface area contributed by atoms with Gasteiger partial charge >= 0.3 is 5.69 Å². The largest absolute Gasteiger partial charge is 0.493 e. The summed E-state index contributed by atoms with van der Waals surface area (Å²) < 4.78 is 37.2. The van der Waals surface area contributed by atoms with Crippen LogP contribution in [0.4, 0.5) is 14.5 Å². The monoisotopic (exact) mass is 284 g/mol. The van der Waals surface area contributed by atoms with Crippen molar-refractivity contribution in [2.24, 2.45) is 0 Å². The number of nitrogens with zero attached hydrogens (tertiary/aromatic N) is 2. The SMILES string of the molecule is COc1c(-c2c(C)noc2C)cc([N+](=O)[O-])c(F)c1F. The van der Waals surface area contributed by atoms with Crippen LogP contribution in [0.25, 0.3) is 11.1 Å². The van der Waals surface area contributed by atoms with Gasteiger partial charge in [0.1, 0.15) is 5.76 Å². The molecule has 0 unspecified atom stereocenters. The molecule has 1 aromatic carbocycles. The first kappa shape index (κ1) is 13.9. The van der Waals surface area contributed by atoms with Gasteiger partial charge in [0.2, 0.25) is 11.6 Å². The quantitative estimate of drug-likeness (QED) is 0.639. The van der Waals surface area contributed by atoms with Crippen LogP contribution in [-0.4, -0.2) is 17.2 Å². The van der Waals surface area contributed by atoms with E-state index < -0.39 is 28.0 Å². The maximum atomic E-state index is 13.9. The zero-order valence-corrected chi connectivity index (χ0v) is 10.9. The second-order valence-corrected chi connectivity index (χ2v) is 4.06. The Morgan fingerprint density at radius 2 is 2.00 bits per heavy atom. The highest BCUT2D eigenvalue weighted by molar-refractivity contribution is 5.76. The van der Waals surface area contributed by atoms with Crippen LogP contribution in [0.15, 0.2) is 10.6 Å². The maximum Gasteiger partial charge on any atom is 0.308 e. The van der Waals surface area contributed by atoms with Crippen LogP contribution < -0.4 is 4.74 Å². The van der Waals surface area contributed by atoms with Gasteiger partial charge in [0.15, 0.2) is 5.75 Å². The van der Waals surface area contributed by atoms with E-state index in [0.29, 0.717) is 17.0 Å². The van der Waals surface area contributed by atoms with Crippen molar-refractivity contribution in [2.75, 3.05) is 7.11 Å². The Morgan fingerprint density at radius 1 is 1.35 bits per heavy atom. The molecule has 8 heteroatoms. The number of halogens is 2. The molecule has 1 heterocycles. The third-order valence-electron chi connectivity index (χ3n) is 2.85. The van der Waals surface area contributed by atoms with Gasteiger partial charge in [-0.25, -0.2) is 0 Å². The number of hydrogen-bond donors (Lipinski definition) is 0. The number of aromatic nitrogens is 1. The molecule has 1 aromatic heterocycles. The average molecular weight is 284 g/mol. The molecule has 0 radical (unpaired) electrons. The summed E-state index contributed by atoms with van der Waals surface area (Å²) in [6, 6.07) is 0.907. The molecule has 0 N–H and O–H groups in total. The van der Waals surface area contributed by atoms with Crippen LogP contribution in [0.1, 0.15) is 11.5 Å². The first-order chi connectivity index (χ1) is 9.38.